The average Bonchev–Trinajstić information content (AvgIpc) is 2.93. The van der Waals surface area contributed by atoms with Crippen molar-refractivity contribution >= 4 is 5.78 Å². The van der Waals surface area contributed by atoms with Crippen molar-refractivity contribution in [3.8, 4) is 5.75 Å². The van der Waals surface area contributed by atoms with Crippen molar-refractivity contribution in [1.82, 2.24) is 0 Å². The summed E-state index contributed by atoms with van der Waals surface area (Å²) in [6.07, 6.45) is 4.38. The molecule has 3 heteroatoms. The molecule has 0 heterocycles. The van der Waals surface area contributed by atoms with Gasteiger partial charge in [0.2, 0.25) is 0 Å². The van der Waals surface area contributed by atoms with Crippen molar-refractivity contribution in [3.63, 3.8) is 0 Å². The second-order valence-electron chi connectivity index (χ2n) is 4.68. The van der Waals surface area contributed by atoms with Crippen LogP contribution in [-0.2, 0) is 4.74 Å². The fraction of sp³-hybridized carbons (Fsp3) is 0.533. The minimum atomic E-state index is 0.192. The highest BCUT2D eigenvalue weighted by molar-refractivity contribution is 6.00. The molecular weight excluding hydrogens is 228 g/mol. The lowest BCUT2D eigenvalue weighted by molar-refractivity contribution is 0.0915. The molecule has 3 nitrogen and oxygen atoms in total. The normalized spacial score (nSPS) is 15.8. The highest BCUT2D eigenvalue weighted by Gasteiger charge is 2.25. The van der Waals surface area contributed by atoms with Gasteiger partial charge in [-0.2, -0.15) is 0 Å². The van der Waals surface area contributed by atoms with Crippen LogP contribution in [-0.4, -0.2) is 26.1 Å². The molecule has 1 saturated carbocycles. The molecular formula is C15H20O3. The third-order valence-corrected chi connectivity index (χ3v) is 3.42. The molecule has 98 valence electrons. The Balaban J connectivity index is 2.08. The van der Waals surface area contributed by atoms with Crippen molar-refractivity contribution in [2.45, 2.75) is 25.7 Å². The van der Waals surface area contributed by atoms with Crippen LogP contribution in [0.3, 0.4) is 0 Å². The van der Waals surface area contributed by atoms with Crippen molar-refractivity contribution < 1.29 is 14.3 Å². The molecule has 18 heavy (non-hydrogen) atoms. The number of para-hydroxylation sites is 1. The summed E-state index contributed by atoms with van der Waals surface area (Å²) < 4.78 is 10.6. The molecule has 0 bridgehead atoms. The first-order valence-corrected chi connectivity index (χ1v) is 6.58. The molecule has 0 aromatic heterocycles. The summed E-state index contributed by atoms with van der Waals surface area (Å²) in [6.45, 7) is 1.01. The van der Waals surface area contributed by atoms with E-state index in [-0.39, 0.29) is 11.7 Å². The quantitative estimate of drug-likeness (QED) is 0.573. The summed E-state index contributed by atoms with van der Waals surface area (Å²) in [5.41, 5.74) is 0.723. The summed E-state index contributed by atoms with van der Waals surface area (Å²) in [6, 6.07) is 7.51. The molecule has 1 aromatic rings. The molecule has 1 aromatic carbocycles. The van der Waals surface area contributed by atoms with E-state index in [2.05, 4.69) is 0 Å². The maximum atomic E-state index is 12.4. The Bertz CT molecular complexity index is 394. The zero-order valence-electron chi connectivity index (χ0n) is 10.9. The monoisotopic (exact) mass is 248 g/mol. The van der Waals surface area contributed by atoms with Gasteiger partial charge in [0.25, 0.3) is 0 Å². The standard InChI is InChI=1S/C15H20O3/c1-17-10-11-18-14-9-5-4-8-13(14)15(16)12-6-2-3-7-12/h4-5,8-9,12H,2-3,6-7,10-11H2,1H3. The van der Waals surface area contributed by atoms with E-state index < -0.39 is 0 Å². The highest BCUT2D eigenvalue weighted by Crippen LogP contribution is 2.31. The topological polar surface area (TPSA) is 35.5 Å². The van der Waals surface area contributed by atoms with Gasteiger partial charge in [0.05, 0.1) is 12.2 Å². The second kappa shape index (κ2) is 6.55. The number of rotatable bonds is 6. The van der Waals surface area contributed by atoms with Gasteiger partial charge in [-0.15, -0.1) is 0 Å². The summed E-state index contributed by atoms with van der Waals surface area (Å²) in [5, 5.41) is 0. The molecule has 0 N–H and O–H groups in total. The van der Waals surface area contributed by atoms with Gasteiger partial charge in [-0.3, -0.25) is 4.79 Å². The van der Waals surface area contributed by atoms with Crippen LogP contribution >= 0.6 is 0 Å². The second-order valence-corrected chi connectivity index (χ2v) is 4.68. The first-order valence-electron chi connectivity index (χ1n) is 6.58. The fourth-order valence-electron chi connectivity index (χ4n) is 2.44. The lowest BCUT2D eigenvalue weighted by Crippen LogP contribution is -2.14. The van der Waals surface area contributed by atoms with Gasteiger partial charge in [-0.05, 0) is 25.0 Å². The predicted octanol–water partition coefficient (Wildman–Crippen LogP) is 3.08. The van der Waals surface area contributed by atoms with Crippen LogP contribution in [0.15, 0.2) is 24.3 Å². The molecule has 0 unspecified atom stereocenters. The summed E-state index contributed by atoms with van der Waals surface area (Å²) in [7, 11) is 1.64. The Morgan fingerprint density at radius 3 is 2.67 bits per heavy atom. The lowest BCUT2D eigenvalue weighted by Gasteiger charge is -2.13. The van der Waals surface area contributed by atoms with Crippen LogP contribution in [0, 0.1) is 5.92 Å². The van der Waals surface area contributed by atoms with Crippen LogP contribution in [0.1, 0.15) is 36.0 Å². The van der Waals surface area contributed by atoms with Crippen LogP contribution in [0.5, 0.6) is 5.75 Å². The Morgan fingerprint density at radius 1 is 1.22 bits per heavy atom. The van der Waals surface area contributed by atoms with Gasteiger partial charge in [0.15, 0.2) is 5.78 Å². The third kappa shape index (κ3) is 3.10. The molecule has 1 fully saturated rings. The number of Topliss-reactive ketones (excluding diaryl/α,β-unsaturated/α-hetero) is 1. The smallest absolute Gasteiger partial charge is 0.169 e. The molecule has 0 radical (unpaired) electrons. The van der Waals surface area contributed by atoms with E-state index >= 15 is 0 Å². The number of ketones is 1. The number of methoxy groups -OCH3 is 1. The number of hydrogen-bond acceptors (Lipinski definition) is 3. The third-order valence-electron chi connectivity index (χ3n) is 3.42. The minimum Gasteiger partial charge on any atom is -0.490 e. The number of carbonyl (C=O) groups excluding carboxylic acids is 1. The minimum absolute atomic E-state index is 0.192. The Hall–Kier alpha value is -1.35. The molecule has 1 aliphatic carbocycles. The summed E-state index contributed by atoms with van der Waals surface area (Å²) in [4.78, 5) is 12.4. The number of ether oxygens (including phenoxy) is 2. The maximum absolute atomic E-state index is 12.4. The molecule has 2 rings (SSSR count). The van der Waals surface area contributed by atoms with Gasteiger partial charge in [0.1, 0.15) is 12.4 Å². The average molecular weight is 248 g/mol. The molecule has 0 saturated heterocycles. The SMILES string of the molecule is COCCOc1ccccc1C(=O)C1CCCC1. The van der Waals surface area contributed by atoms with E-state index in [1.54, 1.807) is 7.11 Å². The van der Waals surface area contributed by atoms with E-state index in [4.69, 9.17) is 9.47 Å². The number of hydrogen-bond donors (Lipinski definition) is 0. The van der Waals surface area contributed by atoms with Crippen LogP contribution in [0.2, 0.25) is 0 Å². The Morgan fingerprint density at radius 2 is 1.94 bits per heavy atom. The molecule has 0 aliphatic heterocycles. The zero-order chi connectivity index (χ0) is 12.8. The maximum Gasteiger partial charge on any atom is 0.169 e. The summed E-state index contributed by atoms with van der Waals surface area (Å²) >= 11 is 0. The Labute approximate surface area is 108 Å². The van der Waals surface area contributed by atoms with Crippen molar-refractivity contribution in [3.05, 3.63) is 29.8 Å². The molecule has 0 spiro atoms. The number of benzene rings is 1. The molecule has 1 aliphatic rings. The predicted molar refractivity (Wildman–Crippen MR) is 70.1 cm³/mol. The van der Waals surface area contributed by atoms with Gasteiger partial charge < -0.3 is 9.47 Å². The fourth-order valence-corrected chi connectivity index (χ4v) is 2.44. The van der Waals surface area contributed by atoms with Crippen LogP contribution in [0.4, 0.5) is 0 Å². The first kappa shape index (κ1) is 13.1. The van der Waals surface area contributed by atoms with Gasteiger partial charge in [-0.1, -0.05) is 25.0 Å². The van der Waals surface area contributed by atoms with E-state index in [1.807, 2.05) is 24.3 Å². The van der Waals surface area contributed by atoms with E-state index in [0.717, 1.165) is 18.4 Å². The summed E-state index contributed by atoms with van der Waals surface area (Å²) in [5.74, 6) is 1.11. The van der Waals surface area contributed by atoms with Crippen LogP contribution in [0.25, 0.3) is 0 Å². The Kier molecular flexibility index (Phi) is 4.76. The molecule has 0 amide bonds. The van der Waals surface area contributed by atoms with Gasteiger partial charge >= 0.3 is 0 Å². The van der Waals surface area contributed by atoms with E-state index in [0.29, 0.717) is 19.0 Å². The van der Waals surface area contributed by atoms with Crippen molar-refractivity contribution in [1.29, 1.82) is 0 Å². The first-order chi connectivity index (χ1) is 8.83. The van der Waals surface area contributed by atoms with Crippen molar-refractivity contribution in [2.75, 3.05) is 20.3 Å². The van der Waals surface area contributed by atoms with E-state index in [9.17, 15) is 4.79 Å². The highest BCUT2D eigenvalue weighted by atomic mass is 16.5. The zero-order valence-corrected chi connectivity index (χ0v) is 10.9. The van der Waals surface area contributed by atoms with Gasteiger partial charge in [0, 0.05) is 13.0 Å². The molecule has 0 atom stereocenters. The van der Waals surface area contributed by atoms with Gasteiger partial charge in [-0.25, -0.2) is 0 Å². The lowest BCUT2D eigenvalue weighted by atomic mass is 9.96. The number of carbonyl (C=O) groups is 1. The largest absolute Gasteiger partial charge is 0.490 e. The van der Waals surface area contributed by atoms with Crippen LogP contribution < -0.4 is 4.74 Å². The van der Waals surface area contributed by atoms with Crippen molar-refractivity contribution in [2.24, 2.45) is 5.92 Å². The van der Waals surface area contributed by atoms with E-state index in [1.165, 1.54) is 12.8 Å².